The quantitative estimate of drug-likeness (QED) is 0.310. The van der Waals surface area contributed by atoms with Crippen LogP contribution in [-0.2, 0) is 4.79 Å². The summed E-state index contributed by atoms with van der Waals surface area (Å²) in [5, 5.41) is 0.754. The average Bonchev–Trinajstić information content (AvgIpc) is 3.23. The monoisotopic (exact) mass is 471 g/mol. The molecular formula is C25H33N3O2S2. The summed E-state index contributed by atoms with van der Waals surface area (Å²) in [4.78, 5) is 23.5. The molecule has 1 amide bonds. The van der Waals surface area contributed by atoms with E-state index in [9.17, 15) is 4.79 Å². The number of carbonyl (C=O) groups is 1. The zero-order chi connectivity index (χ0) is 22.9. The first-order chi connectivity index (χ1) is 15.5. The van der Waals surface area contributed by atoms with Gasteiger partial charge in [0.05, 0.1) is 11.3 Å². The number of aromatic nitrogens is 1. The van der Waals surface area contributed by atoms with Gasteiger partial charge in [0.25, 0.3) is 0 Å². The van der Waals surface area contributed by atoms with Crippen molar-refractivity contribution in [2.45, 2.75) is 39.0 Å². The van der Waals surface area contributed by atoms with E-state index in [1.165, 1.54) is 10.5 Å². The fraction of sp³-hybridized carbons (Fsp3) is 0.440. The van der Waals surface area contributed by atoms with Crippen molar-refractivity contribution in [3.05, 3.63) is 48.0 Å². The second-order valence-electron chi connectivity index (χ2n) is 7.52. The highest BCUT2D eigenvalue weighted by Crippen LogP contribution is 2.34. The molecule has 3 rings (SSSR count). The van der Waals surface area contributed by atoms with Gasteiger partial charge >= 0.3 is 0 Å². The number of likely N-dealkylation sites (N-methyl/N-ethyl adjacent to an activating group) is 1. The molecule has 1 aromatic heterocycles. The number of hydrogen-bond donors (Lipinski definition) is 0. The molecule has 0 unspecified atom stereocenters. The van der Waals surface area contributed by atoms with Crippen LogP contribution in [0, 0.1) is 6.92 Å². The minimum absolute atomic E-state index is 0.119. The lowest BCUT2D eigenvalue weighted by molar-refractivity contribution is -0.118. The van der Waals surface area contributed by atoms with Gasteiger partial charge in [-0.3, -0.25) is 9.69 Å². The number of rotatable bonds is 12. The van der Waals surface area contributed by atoms with Crippen LogP contribution in [0.1, 0.15) is 32.8 Å². The molecule has 0 spiro atoms. The molecule has 5 nitrogen and oxygen atoms in total. The van der Waals surface area contributed by atoms with Gasteiger partial charge in [-0.15, -0.1) is 11.8 Å². The first-order valence-corrected chi connectivity index (χ1v) is 13.1. The van der Waals surface area contributed by atoms with Crippen molar-refractivity contribution in [3.63, 3.8) is 0 Å². The molecule has 0 aliphatic carbocycles. The maximum absolute atomic E-state index is 13.3. The van der Waals surface area contributed by atoms with Crippen molar-refractivity contribution in [1.29, 1.82) is 0 Å². The van der Waals surface area contributed by atoms with Gasteiger partial charge < -0.3 is 9.64 Å². The summed E-state index contributed by atoms with van der Waals surface area (Å²) < 4.78 is 6.80. The van der Waals surface area contributed by atoms with Crippen LogP contribution < -0.4 is 9.64 Å². The van der Waals surface area contributed by atoms with E-state index in [0.29, 0.717) is 19.6 Å². The molecule has 7 heteroatoms. The summed E-state index contributed by atoms with van der Waals surface area (Å²) in [6, 6.07) is 14.4. The van der Waals surface area contributed by atoms with Crippen LogP contribution in [0.15, 0.2) is 47.4 Å². The van der Waals surface area contributed by atoms with Crippen molar-refractivity contribution in [2.24, 2.45) is 0 Å². The van der Waals surface area contributed by atoms with Gasteiger partial charge in [-0.25, -0.2) is 4.98 Å². The number of benzene rings is 2. The van der Waals surface area contributed by atoms with Crippen LogP contribution in [0.2, 0.25) is 0 Å². The van der Waals surface area contributed by atoms with E-state index in [1.54, 1.807) is 23.1 Å². The number of anilines is 1. The summed E-state index contributed by atoms with van der Waals surface area (Å²) in [5.74, 6) is 1.64. The Morgan fingerprint density at radius 3 is 2.50 bits per heavy atom. The van der Waals surface area contributed by atoms with Crippen molar-refractivity contribution in [1.82, 2.24) is 9.88 Å². The molecule has 1 heterocycles. The standard InChI is InChI=1S/C25H33N3O2S2/c1-5-27(6-2)16-17-28(23(29)15-18-31-20-13-11-19(4)12-14-20)25-26-24-21(30-7-3)9-8-10-22(24)32-25/h8-14H,5-7,15-18H2,1-4H3. The predicted octanol–water partition coefficient (Wildman–Crippen LogP) is 5.86. The molecule has 172 valence electrons. The average molecular weight is 472 g/mol. The van der Waals surface area contributed by atoms with Gasteiger partial charge in [0, 0.05) is 30.2 Å². The van der Waals surface area contributed by atoms with Crippen LogP contribution in [-0.4, -0.2) is 54.3 Å². The highest BCUT2D eigenvalue weighted by Gasteiger charge is 2.21. The van der Waals surface area contributed by atoms with Crippen LogP contribution >= 0.6 is 23.1 Å². The molecule has 0 radical (unpaired) electrons. The minimum Gasteiger partial charge on any atom is -0.492 e. The number of ether oxygens (including phenoxy) is 1. The lowest BCUT2D eigenvalue weighted by Crippen LogP contribution is -2.39. The van der Waals surface area contributed by atoms with E-state index < -0.39 is 0 Å². The molecule has 0 fully saturated rings. The van der Waals surface area contributed by atoms with Crippen molar-refractivity contribution >= 4 is 44.4 Å². The Bertz CT molecular complexity index is 1000. The van der Waals surface area contributed by atoms with Crippen molar-refractivity contribution < 1.29 is 9.53 Å². The lowest BCUT2D eigenvalue weighted by atomic mass is 10.2. The summed E-state index contributed by atoms with van der Waals surface area (Å²) >= 11 is 3.28. The molecule has 0 atom stereocenters. The summed E-state index contributed by atoms with van der Waals surface area (Å²) in [6.07, 6.45) is 0.477. The van der Waals surface area contributed by atoms with E-state index in [4.69, 9.17) is 9.72 Å². The van der Waals surface area contributed by atoms with Gasteiger partial charge in [-0.05, 0) is 51.2 Å². The highest BCUT2D eigenvalue weighted by molar-refractivity contribution is 7.99. The maximum Gasteiger partial charge on any atom is 0.229 e. The van der Waals surface area contributed by atoms with E-state index >= 15 is 0 Å². The Kier molecular flexibility index (Phi) is 9.38. The number of para-hydroxylation sites is 1. The predicted molar refractivity (Wildman–Crippen MR) is 137 cm³/mol. The van der Waals surface area contributed by atoms with Gasteiger partial charge in [0.15, 0.2) is 5.13 Å². The van der Waals surface area contributed by atoms with Crippen LogP contribution in [0.4, 0.5) is 5.13 Å². The van der Waals surface area contributed by atoms with Gasteiger partial charge in [0.2, 0.25) is 5.91 Å². The Labute approximate surface area is 199 Å². The van der Waals surface area contributed by atoms with Crippen LogP contribution in [0.25, 0.3) is 10.2 Å². The Morgan fingerprint density at radius 1 is 1.06 bits per heavy atom. The second kappa shape index (κ2) is 12.2. The number of carbonyl (C=O) groups excluding carboxylic acids is 1. The van der Waals surface area contributed by atoms with Crippen LogP contribution in [0.3, 0.4) is 0 Å². The van der Waals surface area contributed by atoms with Crippen molar-refractivity contribution in [3.8, 4) is 5.75 Å². The zero-order valence-electron chi connectivity index (χ0n) is 19.5. The third kappa shape index (κ3) is 6.47. The molecule has 0 saturated heterocycles. The second-order valence-corrected chi connectivity index (χ2v) is 9.69. The number of amides is 1. The van der Waals surface area contributed by atoms with Crippen molar-refractivity contribution in [2.75, 3.05) is 43.4 Å². The molecule has 2 aromatic carbocycles. The van der Waals surface area contributed by atoms with Gasteiger partial charge in [0.1, 0.15) is 11.3 Å². The molecule has 0 aliphatic rings. The molecule has 0 N–H and O–H groups in total. The Hall–Kier alpha value is -2.09. The van der Waals surface area contributed by atoms with Gasteiger partial charge in [-0.2, -0.15) is 0 Å². The number of aryl methyl sites for hydroxylation is 1. The SMILES string of the molecule is CCOc1cccc2sc(N(CCN(CC)CC)C(=O)CCSc3ccc(C)cc3)nc12. The fourth-order valence-corrected chi connectivity index (χ4v) is 5.30. The third-order valence-electron chi connectivity index (χ3n) is 5.34. The number of hydrogen-bond acceptors (Lipinski definition) is 6. The first-order valence-electron chi connectivity index (χ1n) is 11.3. The molecule has 0 bridgehead atoms. The van der Waals surface area contributed by atoms with Gasteiger partial charge in [-0.1, -0.05) is 48.9 Å². The highest BCUT2D eigenvalue weighted by atomic mass is 32.2. The number of thiazole rings is 1. The van der Waals surface area contributed by atoms with E-state index in [1.807, 2.05) is 30.0 Å². The smallest absolute Gasteiger partial charge is 0.229 e. The number of fused-ring (bicyclic) bond motifs is 1. The topological polar surface area (TPSA) is 45.7 Å². The van der Waals surface area contributed by atoms with E-state index in [2.05, 4.69) is 49.9 Å². The third-order valence-corrected chi connectivity index (χ3v) is 7.40. The van der Waals surface area contributed by atoms with Crippen LogP contribution in [0.5, 0.6) is 5.75 Å². The fourth-order valence-electron chi connectivity index (χ4n) is 3.43. The zero-order valence-corrected chi connectivity index (χ0v) is 21.1. The number of thioether (sulfide) groups is 1. The normalized spacial score (nSPS) is 11.3. The van der Waals surface area contributed by atoms with E-state index in [-0.39, 0.29) is 5.91 Å². The minimum atomic E-state index is 0.119. The summed E-state index contributed by atoms with van der Waals surface area (Å²) in [7, 11) is 0. The largest absolute Gasteiger partial charge is 0.492 e. The lowest BCUT2D eigenvalue weighted by Gasteiger charge is -2.24. The first kappa shape index (κ1) is 24.6. The number of nitrogens with zero attached hydrogens (tertiary/aromatic N) is 3. The Morgan fingerprint density at radius 2 is 1.81 bits per heavy atom. The Balaban J connectivity index is 1.76. The maximum atomic E-state index is 13.3. The summed E-state index contributed by atoms with van der Waals surface area (Å²) in [5.41, 5.74) is 2.08. The summed E-state index contributed by atoms with van der Waals surface area (Å²) in [6.45, 7) is 12.4. The molecular weight excluding hydrogens is 438 g/mol. The molecule has 0 saturated carbocycles. The molecule has 0 aliphatic heterocycles. The molecule has 32 heavy (non-hydrogen) atoms. The van der Waals surface area contributed by atoms with E-state index in [0.717, 1.165) is 46.5 Å². The molecule has 3 aromatic rings.